The molecule has 1 unspecified atom stereocenters. The average molecular weight is 270 g/mol. The van der Waals surface area contributed by atoms with Crippen LogP contribution < -0.4 is 10.6 Å². The van der Waals surface area contributed by atoms with Crippen LogP contribution in [0.25, 0.3) is 0 Å². The highest BCUT2D eigenvalue weighted by Gasteiger charge is 2.53. The number of carboxylic acid groups (broad SMARTS) is 1. The lowest BCUT2D eigenvalue weighted by molar-refractivity contribution is -0.0333. The third-order valence-electron chi connectivity index (χ3n) is 4.49. The summed E-state index contributed by atoms with van der Waals surface area (Å²) in [5, 5.41) is 24.1. The van der Waals surface area contributed by atoms with E-state index in [0.29, 0.717) is 17.4 Å². The number of aliphatic hydroxyl groups is 1. The molecule has 19 heavy (non-hydrogen) atoms. The zero-order valence-electron chi connectivity index (χ0n) is 11.9. The van der Waals surface area contributed by atoms with Crippen molar-refractivity contribution in [3.8, 4) is 0 Å². The Labute approximate surface area is 114 Å². The molecule has 0 aromatic carbocycles. The van der Waals surface area contributed by atoms with Crippen LogP contribution in [0.5, 0.6) is 0 Å². The van der Waals surface area contributed by atoms with Gasteiger partial charge < -0.3 is 20.8 Å². The maximum absolute atomic E-state index is 10.5. The lowest BCUT2D eigenvalue weighted by Gasteiger charge is -2.58. The minimum atomic E-state index is -0.911. The number of carbonyl (C=O) groups is 1. The second-order valence-corrected chi connectivity index (χ2v) is 6.84. The van der Waals surface area contributed by atoms with Crippen LogP contribution in [0, 0.1) is 11.3 Å². The molecule has 2 fully saturated rings. The van der Waals surface area contributed by atoms with Crippen LogP contribution in [0.3, 0.4) is 0 Å². The smallest absolute Gasteiger partial charge is 0.404 e. The number of aliphatic hydroxyl groups excluding tert-OH is 1. The number of rotatable bonds is 6. The highest BCUT2D eigenvalue weighted by molar-refractivity contribution is 5.65. The van der Waals surface area contributed by atoms with Crippen LogP contribution in [0.4, 0.5) is 4.79 Å². The first kappa shape index (κ1) is 14.6. The Hall–Kier alpha value is -0.810. The molecule has 0 aromatic rings. The van der Waals surface area contributed by atoms with Gasteiger partial charge in [0.25, 0.3) is 0 Å². The summed E-state index contributed by atoms with van der Waals surface area (Å²) in [5.74, 6) is 0.589. The summed E-state index contributed by atoms with van der Waals surface area (Å²) >= 11 is 0. The van der Waals surface area contributed by atoms with E-state index in [4.69, 9.17) is 5.11 Å². The Morgan fingerprint density at radius 1 is 1.26 bits per heavy atom. The van der Waals surface area contributed by atoms with Gasteiger partial charge in [0.05, 0.1) is 6.61 Å². The van der Waals surface area contributed by atoms with Gasteiger partial charge in [0.15, 0.2) is 0 Å². The third kappa shape index (κ3) is 3.60. The van der Waals surface area contributed by atoms with Crippen molar-refractivity contribution in [2.45, 2.75) is 64.1 Å². The fourth-order valence-corrected chi connectivity index (χ4v) is 3.80. The van der Waals surface area contributed by atoms with Gasteiger partial charge in [0.2, 0.25) is 0 Å². The average Bonchev–Trinajstić information content (AvgIpc) is 2.20. The molecule has 0 bridgehead atoms. The van der Waals surface area contributed by atoms with Crippen LogP contribution in [-0.4, -0.2) is 41.0 Å². The van der Waals surface area contributed by atoms with Gasteiger partial charge in [-0.15, -0.1) is 0 Å². The van der Waals surface area contributed by atoms with E-state index in [0.717, 1.165) is 32.1 Å². The van der Waals surface area contributed by atoms with Gasteiger partial charge in [-0.2, -0.15) is 0 Å². The zero-order valence-corrected chi connectivity index (χ0v) is 11.9. The van der Waals surface area contributed by atoms with Crippen LogP contribution >= 0.6 is 0 Å². The molecule has 2 aliphatic carbocycles. The molecule has 2 saturated carbocycles. The van der Waals surface area contributed by atoms with Crippen molar-refractivity contribution in [1.29, 1.82) is 0 Å². The Balaban J connectivity index is 1.65. The van der Waals surface area contributed by atoms with E-state index in [2.05, 4.69) is 24.5 Å². The van der Waals surface area contributed by atoms with Crippen LogP contribution in [0.15, 0.2) is 0 Å². The van der Waals surface area contributed by atoms with E-state index in [9.17, 15) is 9.90 Å². The molecular weight excluding hydrogens is 244 g/mol. The van der Waals surface area contributed by atoms with Gasteiger partial charge in [-0.1, -0.05) is 13.8 Å². The molecule has 0 aliphatic heterocycles. The Kier molecular flexibility index (Phi) is 4.36. The highest BCUT2D eigenvalue weighted by Crippen LogP contribution is 2.55. The Morgan fingerprint density at radius 3 is 2.32 bits per heavy atom. The van der Waals surface area contributed by atoms with Gasteiger partial charge in [0, 0.05) is 18.1 Å². The van der Waals surface area contributed by atoms with Crippen molar-refractivity contribution in [2.24, 2.45) is 11.3 Å². The molecule has 2 rings (SSSR count). The lowest BCUT2D eigenvalue weighted by Crippen LogP contribution is -2.61. The van der Waals surface area contributed by atoms with Crippen molar-refractivity contribution < 1.29 is 15.0 Å². The fourth-order valence-electron chi connectivity index (χ4n) is 3.80. The minimum Gasteiger partial charge on any atom is -0.465 e. The predicted molar refractivity (Wildman–Crippen MR) is 73.1 cm³/mol. The molecule has 110 valence electrons. The summed E-state index contributed by atoms with van der Waals surface area (Å²) in [6.45, 7) is 4.53. The van der Waals surface area contributed by atoms with Gasteiger partial charge in [0.1, 0.15) is 0 Å². The molecule has 1 spiro atoms. The number of nitrogens with one attached hydrogen (secondary N) is 2. The van der Waals surface area contributed by atoms with Gasteiger partial charge in [-0.3, -0.25) is 0 Å². The van der Waals surface area contributed by atoms with Gasteiger partial charge in [-0.25, -0.2) is 4.79 Å². The first-order valence-corrected chi connectivity index (χ1v) is 7.29. The zero-order chi connectivity index (χ0) is 14.0. The van der Waals surface area contributed by atoms with E-state index in [-0.39, 0.29) is 18.7 Å². The summed E-state index contributed by atoms with van der Waals surface area (Å²) in [7, 11) is 0. The molecule has 5 heteroatoms. The second kappa shape index (κ2) is 5.67. The fraction of sp³-hybridized carbons (Fsp3) is 0.929. The van der Waals surface area contributed by atoms with E-state index in [1.807, 2.05) is 0 Å². The van der Waals surface area contributed by atoms with E-state index < -0.39 is 6.09 Å². The van der Waals surface area contributed by atoms with E-state index in [1.54, 1.807) is 0 Å². The molecule has 4 N–H and O–H groups in total. The maximum atomic E-state index is 10.5. The number of hydrogen-bond donors (Lipinski definition) is 4. The van der Waals surface area contributed by atoms with Gasteiger partial charge >= 0.3 is 6.09 Å². The van der Waals surface area contributed by atoms with Crippen LogP contribution in [0.2, 0.25) is 0 Å². The van der Waals surface area contributed by atoms with Crippen molar-refractivity contribution in [3.05, 3.63) is 0 Å². The quantitative estimate of drug-likeness (QED) is 0.590. The molecule has 0 radical (unpaired) electrons. The molecule has 0 heterocycles. The summed E-state index contributed by atoms with van der Waals surface area (Å²) in [6.07, 6.45) is 4.30. The first-order chi connectivity index (χ1) is 8.92. The predicted octanol–water partition coefficient (Wildman–Crippen LogP) is 1.56. The lowest BCUT2D eigenvalue weighted by atomic mass is 9.52. The molecule has 0 aromatic heterocycles. The molecule has 1 atom stereocenters. The first-order valence-electron chi connectivity index (χ1n) is 7.29. The molecular formula is C14H26N2O3. The third-order valence-corrected chi connectivity index (χ3v) is 4.49. The molecule has 5 nitrogen and oxygen atoms in total. The summed E-state index contributed by atoms with van der Waals surface area (Å²) < 4.78 is 0. The number of amides is 1. The summed E-state index contributed by atoms with van der Waals surface area (Å²) in [4.78, 5) is 10.5. The van der Waals surface area contributed by atoms with Crippen molar-refractivity contribution >= 4 is 6.09 Å². The SMILES string of the molecule is CC(C)CC(CO)NC1CC2(CC(NC(=O)O)C2)C1. The minimum absolute atomic E-state index is 0.155. The Bertz CT molecular complexity index is 319. The number of hydrogen-bond acceptors (Lipinski definition) is 3. The van der Waals surface area contributed by atoms with Crippen molar-refractivity contribution in [2.75, 3.05) is 6.61 Å². The van der Waals surface area contributed by atoms with Crippen molar-refractivity contribution in [3.63, 3.8) is 0 Å². The molecule has 0 saturated heterocycles. The van der Waals surface area contributed by atoms with E-state index in [1.165, 1.54) is 0 Å². The second-order valence-electron chi connectivity index (χ2n) is 6.84. The highest BCUT2D eigenvalue weighted by atomic mass is 16.4. The van der Waals surface area contributed by atoms with Crippen molar-refractivity contribution in [1.82, 2.24) is 10.6 Å². The normalized spacial score (nSPS) is 34.7. The summed E-state index contributed by atoms with van der Waals surface area (Å²) in [5.41, 5.74) is 0.378. The van der Waals surface area contributed by atoms with E-state index >= 15 is 0 Å². The van der Waals surface area contributed by atoms with Gasteiger partial charge in [-0.05, 0) is 43.4 Å². The Morgan fingerprint density at radius 2 is 1.84 bits per heavy atom. The largest absolute Gasteiger partial charge is 0.465 e. The monoisotopic (exact) mass is 270 g/mol. The van der Waals surface area contributed by atoms with Crippen LogP contribution in [0.1, 0.15) is 46.0 Å². The molecule has 1 amide bonds. The maximum Gasteiger partial charge on any atom is 0.404 e. The summed E-state index contributed by atoms with van der Waals surface area (Å²) in [6, 6.07) is 0.861. The van der Waals surface area contributed by atoms with Crippen LogP contribution in [-0.2, 0) is 0 Å². The standard InChI is InChI=1S/C14H26N2O3/c1-9(2)3-10(8-17)15-11-4-14(5-11)6-12(7-14)16-13(18)19/h9-12,15-17H,3-8H2,1-2H3,(H,18,19). The topological polar surface area (TPSA) is 81.6 Å². The molecule has 2 aliphatic rings.